The van der Waals surface area contributed by atoms with Crippen molar-refractivity contribution in [2.24, 2.45) is 0 Å². The van der Waals surface area contributed by atoms with Gasteiger partial charge in [0.05, 0.1) is 25.1 Å². The highest BCUT2D eigenvalue weighted by atomic mass is 35.5. The lowest BCUT2D eigenvalue weighted by Gasteiger charge is -2.07. The maximum atomic E-state index is 10.6. The lowest BCUT2D eigenvalue weighted by Crippen LogP contribution is -2.02. The summed E-state index contributed by atoms with van der Waals surface area (Å²) in [5.74, 6) is 0.105. The van der Waals surface area contributed by atoms with Gasteiger partial charge in [-0.3, -0.25) is 0 Å². The summed E-state index contributed by atoms with van der Waals surface area (Å²) >= 11 is 32.6. The predicted octanol–water partition coefficient (Wildman–Crippen LogP) is 7.02. The number of hydrogen-bond donors (Lipinski definition) is 1. The lowest BCUT2D eigenvalue weighted by atomic mass is 10.3. The van der Waals surface area contributed by atoms with E-state index in [0.29, 0.717) is 10.6 Å². The highest BCUT2D eigenvalue weighted by Crippen LogP contribution is 2.45. The fourth-order valence-electron chi connectivity index (χ4n) is 1.24. The summed E-state index contributed by atoms with van der Waals surface area (Å²) in [6.07, 6.45) is 1.13. The zero-order chi connectivity index (χ0) is 17.6. The zero-order valence-corrected chi connectivity index (χ0v) is 16.0. The molecule has 2 nitrogen and oxygen atoms in total. The molecule has 0 saturated carbocycles. The van der Waals surface area contributed by atoms with Gasteiger partial charge in [-0.25, -0.2) is 4.79 Å². The number of esters is 1. The predicted molar refractivity (Wildman–Crippen MR) is 101 cm³/mol. The molecular weight excluding hydrogens is 421 g/mol. The minimum Gasteiger partial charge on any atom is -0.423 e. The van der Waals surface area contributed by atoms with Gasteiger partial charge in [-0.1, -0.05) is 82.8 Å². The van der Waals surface area contributed by atoms with Gasteiger partial charge in [0.2, 0.25) is 0 Å². The molecular formula is C15H9Cl5O2S. The minimum absolute atomic E-state index is 0.145. The van der Waals surface area contributed by atoms with Crippen LogP contribution in [0.2, 0.25) is 25.1 Å². The van der Waals surface area contributed by atoms with E-state index in [1.807, 2.05) is 6.07 Å². The molecule has 0 amide bonds. The Bertz CT molecular complexity index is 615. The summed E-state index contributed by atoms with van der Waals surface area (Å²) in [6, 6.07) is 8.87. The van der Waals surface area contributed by atoms with Crippen molar-refractivity contribution in [1.29, 1.82) is 0 Å². The summed E-state index contributed by atoms with van der Waals surface area (Å²) in [7, 11) is 0. The summed E-state index contributed by atoms with van der Waals surface area (Å²) < 4.78 is 4.81. The molecule has 2 aromatic rings. The van der Waals surface area contributed by atoms with Crippen molar-refractivity contribution >= 4 is 76.6 Å². The molecule has 0 aliphatic carbocycles. The molecule has 0 radical (unpaired) electrons. The van der Waals surface area contributed by atoms with Crippen molar-refractivity contribution in [2.45, 2.75) is 4.90 Å². The largest absolute Gasteiger partial charge is 0.423 e. The zero-order valence-electron chi connectivity index (χ0n) is 11.3. The van der Waals surface area contributed by atoms with Crippen LogP contribution in [-0.4, -0.2) is 5.97 Å². The van der Waals surface area contributed by atoms with E-state index in [2.05, 4.69) is 19.2 Å². The number of thiol groups is 1. The van der Waals surface area contributed by atoms with Crippen LogP contribution in [0.5, 0.6) is 5.75 Å². The molecule has 0 aliphatic heterocycles. The molecule has 0 unspecified atom stereocenters. The average Bonchev–Trinajstić information content (AvgIpc) is 2.58. The van der Waals surface area contributed by atoms with Crippen molar-refractivity contribution in [3.63, 3.8) is 0 Å². The second-order valence-electron chi connectivity index (χ2n) is 3.86. The topological polar surface area (TPSA) is 26.3 Å². The van der Waals surface area contributed by atoms with Crippen LogP contribution >= 0.6 is 70.6 Å². The Hall–Kier alpha value is -0.550. The minimum atomic E-state index is -0.434. The molecule has 0 heterocycles. The van der Waals surface area contributed by atoms with E-state index in [-0.39, 0.29) is 25.1 Å². The molecule has 0 aromatic heterocycles. The number of carbonyl (C=O) groups excluding carboxylic acids is 1. The standard InChI is InChI=1S/C9H8O2.C6HCl5S/c1-2-9(10)11-8-6-4-3-5-7-8;7-1-2(8)4(10)6(12)5(11)3(1)9/h2-7H,1H2;12H. The van der Waals surface area contributed by atoms with Crippen molar-refractivity contribution in [2.75, 3.05) is 0 Å². The molecule has 2 aromatic carbocycles. The van der Waals surface area contributed by atoms with E-state index in [4.69, 9.17) is 62.7 Å². The SMILES string of the molecule is C=CC(=O)Oc1ccccc1.Sc1c(Cl)c(Cl)c(Cl)c(Cl)c1Cl. The van der Waals surface area contributed by atoms with Crippen LogP contribution in [-0.2, 0) is 4.79 Å². The summed E-state index contributed by atoms with van der Waals surface area (Å²) in [6.45, 7) is 3.28. The lowest BCUT2D eigenvalue weighted by molar-refractivity contribution is -0.128. The fraction of sp³-hybridized carbons (Fsp3) is 0. The van der Waals surface area contributed by atoms with Crippen molar-refractivity contribution in [1.82, 2.24) is 0 Å². The number of carbonyl (C=O) groups is 1. The van der Waals surface area contributed by atoms with E-state index < -0.39 is 5.97 Å². The van der Waals surface area contributed by atoms with E-state index in [1.54, 1.807) is 24.3 Å². The van der Waals surface area contributed by atoms with Gasteiger partial charge in [0, 0.05) is 11.0 Å². The first-order valence-corrected chi connectivity index (χ1v) is 8.23. The van der Waals surface area contributed by atoms with Gasteiger partial charge in [-0.2, -0.15) is 0 Å². The van der Waals surface area contributed by atoms with Gasteiger partial charge in [0.1, 0.15) is 5.75 Å². The second kappa shape index (κ2) is 9.67. The van der Waals surface area contributed by atoms with Gasteiger partial charge in [-0.05, 0) is 12.1 Å². The van der Waals surface area contributed by atoms with Crippen LogP contribution in [0.25, 0.3) is 0 Å². The number of benzene rings is 2. The molecule has 0 aliphatic rings. The molecule has 0 N–H and O–H groups in total. The average molecular weight is 431 g/mol. The van der Waals surface area contributed by atoms with Gasteiger partial charge in [-0.15, -0.1) is 12.6 Å². The van der Waals surface area contributed by atoms with E-state index in [1.165, 1.54) is 0 Å². The first-order valence-electron chi connectivity index (χ1n) is 5.89. The first kappa shape index (κ1) is 20.5. The number of hydrogen-bond acceptors (Lipinski definition) is 3. The van der Waals surface area contributed by atoms with Gasteiger partial charge in [0.25, 0.3) is 0 Å². The maximum Gasteiger partial charge on any atom is 0.335 e. The summed E-state index contributed by atoms with van der Waals surface area (Å²) in [5.41, 5.74) is 0. The van der Waals surface area contributed by atoms with Gasteiger partial charge >= 0.3 is 5.97 Å². The molecule has 0 fully saturated rings. The van der Waals surface area contributed by atoms with Crippen LogP contribution in [0.3, 0.4) is 0 Å². The number of ether oxygens (including phenoxy) is 1. The Morgan fingerprint density at radius 2 is 1.35 bits per heavy atom. The maximum absolute atomic E-state index is 10.6. The van der Waals surface area contributed by atoms with Crippen LogP contribution in [0.15, 0.2) is 47.9 Å². The second-order valence-corrected chi connectivity index (χ2v) is 6.19. The molecule has 0 atom stereocenters. The monoisotopic (exact) mass is 428 g/mol. The molecule has 122 valence electrons. The Morgan fingerprint density at radius 3 is 1.78 bits per heavy atom. The van der Waals surface area contributed by atoms with Crippen LogP contribution in [0.4, 0.5) is 0 Å². The molecule has 0 spiro atoms. The van der Waals surface area contributed by atoms with E-state index >= 15 is 0 Å². The van der Waals surface area contributed by atoms with Crippen molar-refractivity contribution in [3.05, 3.63) is 68.1 Å². The normalized spacial score (nSPS) is 9.65. The quantitative estimate of drug-likeness (QED) is 0.138. The van der Waals surface area contributed by atoms with Gasteiger partial charge in [0.15, 0.2) is 0 Å². The summed E-state index contributed by atoms with van der Waals surface area (Å²) in [5, 5.41) is 0.889. The molecule has 0 bridgehead atoms. The highest BCUT2D eigenvalue weighted by molar-refractivity contribution is 7.80. The molecule has 2 rings (SSSR count). The Morgan fingerprint density at radius 1 is 0.913 bits per heavy atom. The Balaban J connectivity index is 0.000000231. The highest BCUT2D eigenvalue weighted by Gasteiger charge is 2.16. The third kappa shape index (κ3) is 5.79. The third-order valence-electron chi connectivity index (χ3n) is 2.31. The fourth-order valence-corrected chi connectivity index (χ4v) is 2.73. The Labute approximate surface area is 164 Å². The molecule has 8 heteroatoms. The smallest absolute Gasteiger partial charge is 0.335 e. The first-order chi connectivity index (χ1) is 10.8. The Kier molecular flexibility index (Phi) is 8.62. The van der Waals surface area contributed by atoms with Crippen molar-refractivity contribution in [3.8, 4) is 5.75 Å². The third-order valence-corrected chi connectivity index (χ3v) is 5.30. The summed E-state index contributed by atoms with van der Waals surface area (Å²) in [4.78, 5) is 11.0. The molecule has 23 heavy (non-hydrogen) atoms. The van der Waals surface area contributed by atoms with E-state index in [0.717, 1.165) is 6.08 Å². The van der Waals surface area contributed by atoms with Gasteiger partial charge < -0.3 is 4.74 Å². The van der Waals surface area contributed by atoms with Crippen LogP contribution in [0, 0.1) is 0 Å². The number of halogens is 5. The molecule has 0 saturated heterocycles. The number of rotatable bonds is 2. The van der Waals surface area contributed by atoms with E-state index in [9.17, 15) is 4.79 Å². The number of para-hydroxylation sites is 1. The van der Waals surface area contributed by atoms with Crippen LogP contribution in [0.1, 0.15) is 0 Å². The van der Waals surface area contributed by atoms with Crippen molar-refractivity contribution < 1.29 is 9.53 Å². The van der Waals surface area contributed by atoms with Crippen LogP contribution < -0.4 is 4.74 Å².